The van der Waals surface area contributed by atoms with Crippen LogP contribution in [-0.4, -0.2) is 22.5 Å². The van der Waals surface area contributed by atoms with E-state index in [0.29, 0.717) is 13.1 Å². The van der Waals surface area contributed by atoms with Crippen molar-refractivity contribution < 1.29 is 14.5 Å². The first-order valence-electron chi connectivity index (χ1n) is 7.24. The van der Waals surface area contributed by atoms with Gasteiger partial charge in [-0.3, -0.25) is 10.1 Å². The molecule has 23 heavy (non-hydrogen) atoms. The van der Waals surface area contributed by atoms with Crippen molar-refractivity contribution in [3.63, 3.8) is 0 Å². The summed E-state index contributed by atoms with van der Waals surface area (Å²) in [5, 5.41) is 11.5. The zero-order valence-electron chi connectivity index (χ0n) is 12.6. The van der Waals surface area contributed by atoms with E-state index in [2.05, 4.69) is 4.98 Å². The van der Waals surface area contributed by atoms with Crippen LogP contribution in [-0.2, 0) is 17.8 Å². The molecule has 0 atom stereocenters. The fraction of sp³-hybridized carbons (Fsp3) is 0.250. The van der Waals surface area contributed by atoms with E-state index in [9.17, 15) is 14.9 Å². The zero-order valence-corrected chi connectivity index (χ0v) is 12.6. The molecule has 7 nitrogen and oxygen atoms in total. The molecule has 7 heteroatoms. The second-order valence-corrected chi connectivity index (χ2v) is 5.13. The van der Waals surface area contributed by atoms with Crippen molar-refractivity contribution in [2.45, 2.75) is 20.0 Å². The summed E-state index contributed by atoms with van der Waals surface area (Å²) in [6, 6.07) is 9.15. The van der Waals surface area contributed by atoms with Gasteiger partial charge in [-0.05, 0) is 24.1 Å². The first kappa shape index (κ1) is 15.0. The van der Waals surface area contributed by atoms with Crippen LogP contribution in [0.3, 0.4) is 0 Å². The van der Waals surface area contributed by atoms with Crippen LogP contribution >= 0.6 is 0 Å². The molecule has 2 heterocycles. The molecule has 2 aromatic rings. The lowest BCUT2D eigenvalue weighted by atomic mass is 10.1. The normalized spacial score (nSPS) is 12.8. The van der Waals surface area contributed by atoms with Crippen LogP contribution in [0, 0.1) is 10.1 Å². The number of esters is 1. The Morgan fingerprint density at radius 3 is 2.52 bits per heavy atom. The largest absolute Gasteiger partial charge is 0.462 e. The average molecular weight is 313 g/mol. The van der Waals surface area contributed by atoms with Crippen LogP contribution in [0.5, 0.6) is 0 Å². The molecule has 0 aliphatic carbocycles. The summed E-state index contributed by atoms with van der Waals surface area (Å²) in [7, 11) is 0. The Balaban J connectivity index is 2.02. The van der Waals surface area contributed by atoms with Crippen molar-refractivity contribution in [2.24, 2.45) is 0 Å². The number of rotatable bonds is 4. The molecule has 1 aromatic carbocycles. The molecular weight excluding hydrogens is 298 g/mol. The molecule has 3 rings (SSSR count). The molecule has 0 bridgehead atoms. The number of hydrogen-bond acceptors (Lipinski definition) is 6. The first-order chi connectivity index (χ1) is 11.1. The van der Waals surface area contributed by atoms with Gasteiger partial charge in [0.15, 0.2) is 0 Å². The molecule has 0 saturated carbocycles. The summed E-state index contributed by atoms with van der Waals surface area (Å²) in [5.74, 6) is -0.517. The van der Waals surface area contributed by atoms with Crippen LogP contribution in [0.15, 0.2) is 36.5 Å². The number of carbonyl (C=O) groups excluding carboxylic acids is 1. The highest BCUT2D eigenvalue weighted by Gasteiger charge is 2.32. The van der Waals surface area contributed by atoms with Crippen molar-refractivity contribution in [3.8, 4) is 0 Å². The summed E-state index contributed by atoms with van der Waals surface area (Å²) in [5.41, 5.74) is 1.83. The lowest BCUT2D eigenvalue weighted by molar-refractivity contribution is -0.384. The number of ether oxygens (including phenoxy) is 1. The lowest BCUT2D eigenvalue weighted by Gasteiger charge is -2.17. The molecule has 0 N–H and O–H groups in total. The van der Waals surface area contributed by atoms with Gasteiger partial charge in [0.1, 0.15) is 5.56 Å². The predicted molar refractivity (Wildman–Crippen MR) is 83.2 cm³/mol. The SMILES string of the molecule is CCOC(=O)c1ccnc(N2Cc3ccccc3C2)c1[N+](=O)[O-]. The third-order valence-corrected chi connectivity index (χ3v) is 3.72. The number of anilines is 1. The minimum absolute atomic E-state index is 0.0715. The summed E-state index contributed by atoms with van der Waals surface area (Å²) >= 11 is 0. The molecule has 0 fully saturated rings. The molecule has 0 radical (unpaired) electrons. The Bertz CT molecular complexity index is 751. The van der Waals surface area contributed by atoms with Crippen molar-refractivity contribution in [2.75, 3.05) is 11.5 Å². The van der Waals surface area contributed by atoms with Gasteiger partial charge in [-0.1, -0.05) is 24.3 Å². The number of pyridine rings is 1. The summed E-state index contributed by atoms with van der Waals surface area (Å²) in [6.45, 7) is 2.86. The van der Waals surface area contributed by atoms with Gasteiger partial charge in [-0.2, -0.15) is 0 Å². The van der Waals surface area contributed by atoms with E-state index >= 15 is 0 Å². The number of nitro groups is 1. The number of hydrogen-bond donors (Lipinski definition) is 0. The van der Waals surface area contributed by atoms with E-state index in [-0.39, 0.29) is 23.7 Å². The highest BCUT2D eigenvalue weighted by molar-refractivity contribution is 5.96. The van der Waals surface area contributed by atoms with Gasteiger partial charge in [0, 0.05) is 19.3 Å². The maximum Gasteiger partial charge on any atom is 0.345 e. The van der Waals surface area contributed by atoms with Crippen LogP contribution in [0.4, 0.5) is 11.5 Å². The van der Waals surface area contributed by atoms with E-state index in [4.69, 9.17) is 4.74 Å². The second-order valence-electron chi connectivity index (χ2n) is 5.13. The summed E-state index contributed by atoms with van der Waals surface area (Å²) < 4.78 is 4.91. The van der Waals surface area contributed by atoms with Gasteiger partial charge in [-0.15, -0.1) is 0 Å². The maximum atomic E-state index is 12.0. The van der Waals surface area contributed by atoms with Crippen molar-refractivity contribution in [1.29, 1.82) is 0 Å². The Hall–Kier alpha value is -2.96. The molecule has 0 saturated heterocycles. The van der Waals surface area contributed by atoms with Gasteiger partial charge >= 0.3 is 11.7 Å². The van der Waals surface area contributed by atoms with E-state index in [0.717, 1.165) is 11.1 Å². The van der Waals surface area contributed by atoms with E-state index in [1.165, 1.54) is 12.3 Å². The summed E-state index contributed by atoms with van der Waals surface area (Å²) in [4.78, 5) is 28.9. The van der Waals surface area contributed by atoms with Crippen molar-refractivity contribution >= 4 is 17.5 Å². The topological polar surface area (TPSA) is 85.6 Å². The van der Waals surface area contributed by atoms with Crippen molar-refractivity contribution in [3.05, 3.63) is 63.3 Å². The minimum atomic E-state index is -0.709. The molecule has 0 amide bonds. The van der Waals surface area contributed by atoms with Crippen molar-refractivity contribution in [1.82, 2.24) is 4.98 Å². The van der Waals surface area contributed by atoms with E-state index in [1.54, 1.807) is 11.8 Å². The highest BCUT2D eigenvalue weighted by Crippen LogP contribution is 2.35. The average Bonchev–Trinajstić information content (AvgIpc) is 2.98. The van der Waals surface area contributed by atoms with Crippen LogP contribution in [0.25, 0.3) is 0 Å². The second kappa shape index (κ2) is 6.04. The Kier molecular flexibility index (Phi) is 3.92. The predicted octanol–water partition coefficient (Wildman–Crippen LogP) is 2.69. The van der Waals surface area contributed by atoms with E-state index in [1.807, 2.05) is 24.3 Å². The molecule has 0 unspecified atom stereocenters. The maximum absolute atomic E-state index is 12.0. The van der Waals surface area contributed by atoms with Gasteiger partial charge in [0.2, 0.25) is 5.82 Å². The lowest BCUT2D eigenvalue weighted by Crippen LogP contribution is -2.19. The third-order valence-electron chi connectivity index (χ3n) is 3.72. The van der Waals surface area contributed by atoms with Crippen LogP contribution in [0.2, 0.25) is 0 Å². The zero-order chi connectivity index (χ0) is 16.4. The smallest absolute Gasteiger partial charge is 0.345 e. The highest BCUT2D eigenvalue weighted by atomic mass is 16.6. The van der Waals surface area contributed by atoms with Gasteiger partial charge in [0.05, 0.1) is 11.5 Å². The number of fused-ring (bicyclic) bond motifs is 1. The molecule has 1 aliphatic heterocycles. The fourth-order valence-corrected chi connectivity index (χ4v) is 2.71. The Labute approximate surface area is 132 Å². The molecule has 118 valence electrons. The van der Waals surface area contributed by atoms with Gasteiger partial charge in [0.25, 0.3) is 0 Å². The molecule has 0 spiro atoms. The van der Waals surface area contributed by atoms with Gasteiger partial charge in [-0.25, -0.2) is 9.78 Å². The Morgan fingerprint density at radius 2 is 1.96 bits per heavy atom. The quantitative estimate of drug-likeness (QED) is 0.490. The molecule has 1 aromatic heterocycles. The van der Waals surface area contributed by atoms with Gasteiger partial charge < -0.3 is 9.64 Å². The monoisotopic (exact) mass is 313 g/mol. The van der Waals surface area contributed by atoms with E-state index < -0.39 is 10.9 Å². The van der Waals surface area contributed by atoms with Crippen LogP contribution < -0.4 is 4.90 Å². The number of aromatic nitrogens is 1. The molecule has 1 aliphatic rings. The summed E-state index contributed by atoms with van der Waals surface area (Å²) in [6.07, 6.45) is 1.40. The number of nitrogens with zero attached hydrogens (tertiary/aromatic N) is 3. The third kappa shape index (κ3) is 2.73. The standard InChI is InChI=1S/C16H15N3O4/c1-2-23-16(20)13-7-8-17-15(14(13)19(21)22)18-9-11-5-3-4-6-12(11)10-18/h3-8H,2,9-10H2,1H3. The molecular formula is C16H15N3O4. The minimum Gasteiger partial charge on any atom is -0.462 e. The first-order valence-corrected chi connectivity index (χ1v) is 7.24. The Morgan fingerprint density at radius 1 is 1.30 bits per heavy atom. The van der Waals surface area contributed by atoms with Crippen LogP contribution in [0.1, 0.15) is 28.4 Å². The number of benzene rings is 1. The fourth-order valence-electron chi connectivity index (χ4n) is 2.71. The number of carbonyl (C=O) groups is 1.